The Hall–Kier alpha value is -5.31. The lowest BCUT2D eigenvalue weighted by Crippen LogP contribution is -2.27. The molecule has 1 aliphatic heterocycles. The molecule has 0 fully saturated rings. The van der Waals surface area contributed by atoms with Crippen LogP contribution in [0.1, 0.15) is 48.5 Å². The molecule has 0 aliphatic carbocycles. The predicted octanol–water partition coefficient (Wildman–Crippen LogP) is 6.70. The Balaban J connectivity index is 1.57. The van der Waals surface area contributed by atoms with E-state index in [1.165, 1.54) is 14.0 Å². The highest BCUT2D eigenvalue weighted by atomic mass is 16.5. The zero-order chi connectivity index (χ0) is 30.8. The maximum atomic E-state index is 12.7. The van der Waals surface area contributed by atoms with Crippen molar-refractivity contribution in [1.29, 1.82) is 0 Å². The number of ether oxygens (including phenoxy) is 1. The largest absolute Gasteiger partial charge is 0.495 e. The maximum Gasteiger partial charge on any atom is 0.323 e. The maximum absolute atomic E-state index is 12.7. The first kappa shape index (κ1) is 30.6. The summed E-state index contributed by atoms with van der Waals surface area (Å²) in [6.45, 7) is 3.37. The van der Waals surface area contributed by atoms with Crippen molar-refractivity contribution in [2.45, 2.75) is 38.8 Å². The number of hydrogen-bond donors (Lipinski definition) is 4. The molecule has 0 spiro atoms. The molecular weight excluding hydrogens is 544 g/mol. The minimum Gasteiger partial charge on any atom is -0.495 e. The monoisotopic (exact) mass is 580 g/mol. The number of benzene rings is 3. The third-order valence-corrected chi connectivity index (χ3v) is 6.99. The number of nitrogens with one attached hydrogen (secondary N) is 3. The fourth-order valence-electron chi connectivity index (χ4n) is 4.91. The van der Waals surface area contributed by atoms with Crippen molar-refractivity contribution >= 4 is 29.3 Å². The van der Waals surface area contributed by atoms with Crippen LogP contribution in [0.3, 0.4) is 0 Å². The van der Waals surface area contributed by atoms with E-state index < -0.39 is 24.1 Å². The second-order valence-corrected chi connectivity index (χ2v) is 10.2. The molecule has 43 heavy (non-hydrogen) atoms. The van der Waals surface area contributed by atoms with E-state index in [0.717, 1.165) is 22.3 Å². The smallest absolute Gasteiger partial charge is 0.323 e. The molecule has 3 amide bonds. The van der Waals surface area contributed by atoms with Gasteiger partial charge in [-0.3, -0.25) is 9.59 Å². The standard InChI is InChI=1S/C34H36N4O5/c1-23-11-7-8-15-28(23)36-34(42)37-29-17-16-27(20-32(29)43-3)30(35-24(2)39)19-25-12-9-10-18-38(22-25)31(21-33(40)41)26-13-5-4-6-14-26/h4-18,20,22,30-31H,19,21H2,1-3H3,(H,35,39)(H,40,41)(H2,36,37,42). The van der Waals surface area contributed by atoms with Crippen molar-refractivity contribution in [3.63, 3.8) is 0 Å². The first-order valence-electron chi connectivity index (χ1n) is 13.9. The molecule has 4 N–H and O–H groups in total. The van der Waals surface area contributed by atoms with Gasteiger partial charge in [-0.2, -0.15) is 0 Å². The first-order valence-corrected chi connectivity index (χ1v) is 13.9. The number of anilines is 2. The number of aryl methyl sites for hydroxylation is 1. The number of nitrogens with zero attached hydrogens (tertiary/aromatic N) is 1. The fraction of sp³-hybridized carbons (Fsp3) is 0.206. The third kappa shape index (κ3) is 8.59. The lowest BCUT2D eigenvalue weighted by molar-refractivity contribution is -0.138. The van der Waals surface area contributed by atoms with E-state index in [4.69, 9.17) is 4.74 Å². The van der Waals surface area contributed by atoms with E-state index >= 15 is 0 Å². The van der Waals surface area contributed by atoms with Gasteiger partial charge in [0.1, 0.15) is 5.75 Å². The summed E-state index contributed by atoms with van der Waals surface area (Å²) in [4.78, 5) is 38.6. The lowest BCUT2D eigenvalue weighted by atomic mass is 9.97. The zero-order valence-corrected chi connectivity index (χ0v) is 24.4. The lowest BCUT2D eigenvalue weighted by Gasteiger charge is -2.28. The topological polar surface area (TPSA) is 120 Å². The quantitative estimate of drug-likeness (QED) is 0.200. The summed E-state index contributed by atoms with van der Waals surface area (Å²) >= 11 is 0. The Morgan fingerprint density at radius 2 is 1.63 bits per heavy atom. The van der Waals surface area contributed by atoms with E-state index in [1.54, 1.807) is 12.1 Å². The number of aliphatic carboxylic acids is 1. The van der Waals surface area contributed by atoms with Crippen LogP contribution >= 0.6 is 0 Å². The Morgan fingerprint density at radius 1 is 0.907 bits per heavy atom. The molecule has 2 unspecified atom stereocenters. The molecule has 3 aromatic carbocycles. The van der Waals surface area contributed by atoms with Crippen LogP contribution in [0.5, 0.6) is 5.75 Å². The highest BCUT2D eigenvalue weighted by Crippen LogP contribution is 2.33. The SMILES string of the molecule is COc1cc(C(CC2=CN(C(CC(=O)O)c3ccccc3)C=CC=C2)NC(C)=O)ccc1NC(=O)Nc1ccccc1C. The zero-order valence-electron chi connectivity index (χ0n) is 24.4. The number of urea groups is 1. The molecule has 1 aliphatic rings. The summed E-state index contributed by atoms with van der Waals surface area (Å²) in [5.41, 5.74) is 4.65. The Kier molecular flexibility index (Phi) is 10.4. The number of carbonyl (C=O) groups excluding carboxylic acids is 2. The van der Waals surface area contributed by atoms with Crippen LogP contribution in [0.25, 0.3) is 0 Å². The van der Waals surface area contributed by atoms with Crippen molar-refractivity contribution in [2.75, 3.05) is 17.7 Å². The van der Waals surface area contributed by atoms with Gasteiger partial charge in [0.25, 0.3) is 0 Å². The molecule has 0 saturated carbocycles. The number of carboxylic acids is 1. The van der Waals surface area contributed by atoms with Crippen LogP contribution in [0.15, 0.2) is 109 Å². The van der Waals surface area contributed by atoms with Gasteiger partial charge in [-0.05, 0) is 59.9 Å². The molecule has 0 aromatic heterocycles. The van der Waals surface area contributed by atoms with Crippen LogP contribution in [0.4, 0.5) is 16.2 Å². The molecule has 2 atom stereocenters. The van der Waals surface area contributed by atoms with Crippen LogP contribution < -0.4 is 20.7 Å². The minimum absolute atomic E-state index is 0.0870. The molecule has 9 heteroatoms. The summed E-state index contributed by atoms with van der Waals surface area (Å²) in [5.74, 6) is -0.670. The Morgan fingerprint density at radius 3 is 2.33 bits per heavy atom. The highest BCUT2D eigenvalue weighted by molar-refractivity contribution is 6.01. The molecule has 222 valence electrons. The summed E-state index contributed by atoms with van der Waals surface area (Å²) < 4.78 is 5.60. The number of amides is 3. The normalized spacial score (nSPS) is 13.7. The van der Waals surface area contributed by atoms with E-state index in [-0.39, 0.29) is 12.3 Å². The minimum atomic E-state index is -0.904. The van der Waals surface area contributed by atoms with Gasteiger partial charge in [0, 0.05) is 25.0 Å². The molecule has 3 aromatic rings. The van der Waals surface area contributed by atoms with E-state index in [2.05, 4.69) is 16.0 Å². The highest BCUT2D eigenvalue weighted by Gasteiger charge is 2.23. The second kappa shape index (κ2) is 14.5. The van der Waals surface area contributed by atoms with Crippen molar-refractivity contribution in [1.82, 2.24) is 10.2 Å². The summed E-state index contributed by atoms with van der Waals surface area (Å²) in [6.07, 6.45) is 9.79. The Bertz CT molecular complexity index is 1550. The number of methoxy groups -OCH3 is 1. The van der Waals surface area contributed by atoms with E-state index in [9.17, 15) is 19.5 Å². The fourth-order valence-corrected chi connectivity index (χ4v) is 4.91. The molecule has 0 saturated heterocycles. The van der Waals surface area contributed by atoms with Crippen LogP contribution in [0.2, 0.25) is 0 Å². The average Bonchev–Trinajstić information content (AvgIpc) is 3.22. The number of carbonyl (C=O) groups is 3. The number of allylic oxidation sites excluding steroid dienone is 3. The average molecular weight is 581 g/mol. The molecule has 1 heterocycles. The predicted molar refractivity (Wildman–Crippen MR) is 168 cm³/mol. The summed E-state index contributed by atoms with van der Waals surface area (Å²) in [7, 11) is 1.52. The van der Waals surface area contributed by atoms with Gasteiger partial charge < -0.3 is 30.7 Å². The Labute approximate surface area is 251 Å². The molecule has 4 rings (SSSR count). The van der Waals surface area contributed by atoms with Crippen LogP contribution in [-0.4, -0.2) is 35.0 Å². The van der Waals surface area contributed by atoms with Crippen molar-refractivity contribution in [2.24, 2.45) is 0 Å². The van der Waals surface area contributed by atoms with Gasteiger partial charge in [0.15, 0.2) is 0 Å². The van der Waals surface area contributed by atoms with Crippen LogP contribution in [-0.2, 0) is 9.59 Å². The number of hydrogen-bond acceptors (Lipinski definition) is 5. The first-order chi connectivity index (χ1) is 20.7. The number of para-hydroxylation sites is 1. The second-order valence-electron chi connectivity index (χ2n) is 10.2. The van der Waals surface area contributed by atoms with Gasteiger partial charge in [-0.1, -0.05) is 66.7 Å². The van der Waals surface area contributed by atoms with Crippen molar-refractivity contribution < 1.29 is 24.2 Å². The van der Waals surface area contributed by atoms with E-state index in [1.807, 2.05) is 103 Å². The molecule has 9 nitrogen and oxygen atoms in total. The molecule has 0 bridgehead atoms. The third-order valence-electron chi connectivity index (χ3n) is 6.99. The van der Waals surface area contributed by atoms with Crippen LogP contribution in [0, 0.1) is 6.92 Å². The van der Waals surface area contributed by atoms with Crippen molar-refractivity contribution in [3.8, 4) is 5.75 Å². The van der Waals surface area contributed by atoms with E-state index in [0.29, 0.717) is 23.5 Å². The summed E-state index contributed by atoms with van der Waals surface area (Å²) in [6, 6.07) is 21.1. The van der Waals surface area contributed by atoms with Gasteiger partial charge in [-0.25, -0.2) is 4.79 Å². The molecule has 0 radical (unpaired) electrons. The van der Waals surface area contributed by atoms with Gasteiger partial charge in [0.2, 0.25) is 5.91 Å². The number of rotatable bonds is 11. The number of carboxylic acid groups (broad SMARTS) is 1. The summed E-state index contributed by atoms with van der Waals surface area (Å²) in [5, 5.41) is 18.3. The van der Waals surface area contributed by atoms with Crippen molar-refractivity contribution in [3.05, 3.63) is 126 Å². The van der Waals surface area contributed by atoms with Gasteiger partial charge in [0.05, 0.1) is 31.3 Å². The van der Waals surface area contributed by atoms with Gasteiger partial charge in [-0.15, -0.1) is 0 Å². The molecular formula is C34H36N4O5. The van der Waals surface area contributed by atoms with Gasteiger partial charge >= 0.3 is 12.0 Å².